The van der Waals surface area contributed by atoms with Gasteiger partial charge in [0.05, 0.1) is 29.0 Å². The Kier molecular flexibility index (Phi) is 5.59. The van der Waals surface area contributed by atoms with Gasteiger partial charge in [-0.25, -0.2) is 8.42 Å². The average molecular weight is 395 g/mol. The maximum atomic E-state index is 12.7. The molecule has 0 unspecified atom stereocenters. The van der Waals surface area contributed by atoms with Gasteiger partial charge in [-0.2, -0.15) is 9.57 Å². The number of rotatable bonds is 6. The lowest BCUT2D eigenvalue weighted by Crippen LogP contribution is -2.26. The monoisotopic (exact) mass is 395 g/mol. The molecule has 0 aliphatic carbocycles. The van der Waals surface area contributed by atoms with Gasteiger partial charge in [-0.3, -0.25) is 4.79 Å². The molecule has 1 aromatic heterocycles. The van der Waals surface area contributed by atoms with Crippen LogP contribution in [-0.2, 0) is 16.6 Å². The first-order valence-electron chi connectivity index (χ1n) is 8.31. The molecule has 0 fully saturated rings. The lowest BCUT2D eigenvalue weighted by atomic mass is 10.1. The smallest absolute Gasteiger partial charge is 0.255 e. The number of anilines is 1. The summed E-state index contributed by atoms with van der Waals surface area (Å²) in [5.74, 6) is 0.0915. The van der Waals surface area contributed by atoms with Gasteiger partial charge in [0.1, 0.15) is 11.8 Å². The van der Waals surface area contributed by atoms with Gasteiger partial charge in [0.2, 0.25) is 10.0 Å². The topological polar surface area (TPSA) is 103 Å². The summed E-state index contributed by atoms with van der Waals surface area (Å²) in [6, 6.07) is 17.6. The zero-order valence-electron chi connectivity index (χ0n) is 15.0. The predicted octanol–water partition coefficient (Wildman–Crippen LogP) is 3.22. The number of benzene rings is 2. The molecule has 0 radical (unpaired) electrons. The molecule has 142 valence electrons. The zero-order valence-corrected chi connectivity index (χ0v) is 15.8. The van der Waals surface area contributed by atoms with Crippen molar-refractivity contribution in [2.24, 2.45) is 0 Å². The van der Waals surface area contributed by atoms with Crippen LogP contribution in [0.4, 0.5) is 5.69 Å². The average Bonchev–Trinajstić information content (AvgIpc) is 3.21. The predicted molar refractivity (Wildman–Crippen MR) is 103 cm³/mol. The molecule has 1 heterocycles. The molecule has 0 saturated heterocycles. The minimum atomic E-state index is -3.73. The Balaban J connectivity index is 1.75. The molecule has 3 rings (SSSR count). The van der Waals surface area contributed by atoms with Crippen LogP contribution in [0.5, 0.6) is 0 Å². The molecule has 0 aliphatic heterocycles. The summed E-state index contributed by atoms with van der Waals surface area (Å²) >= 11 is 0. The summed E-state index contributed by atoms with van der Waals surface area (Å²) in [6.07, 6.45) is 1.48. The number of sulfonamides is 1. The first kappa shape index (κ1) is 19.4. The Labute approximate surface area is 162 Å². The lowest BCUT2D eigenvalue weighted by molar-refractivity contribution is 0.102. The molecule has 2 aromatic carbocycles. The van der Waals surface area contributed by atoms with Gasteiger partial charge < -0.3 is 9.73 Å². The molecule has 0 saturated carbocycles. The summed E-state index contributed by atoms with van der Waals surface area (Å²) in [6.45, 7) is 0.0997. The van der Waals surface area contributed by atoms with Crippen LogP contribution in [0.25, 0.3) is 0 Å². The van der Waals surface area contributed by atoms with E-state index in [1.807, 2.05) is 6.07 Å². The highest BCUT2D eigenvalue weighted by Gasteiger charge is 2.22. The van der Waals surface area contributed by atoms with Gasteiger partial charge in [-0.05, 0) is 48.5 Å². The fourth-order valence-electron chi connectivity index (χ4n) is 2.55. The summed E-state index contributed by atoms with van der Waals surface area (Å²) in [5.41, 5.74) is 1.01. The number of nitriles is 1. The van der Waals surface area contributed by atoms with Crippen LogP contribution in [-0.4, -0.2) is 25.7 Å². The van der Waals surface area contributed by atoms with Crippen LogP contribution in [0.15, 0.2) is 76.2 Å². The first-order valence-corrected chi connectivity index (χ1v) is 9.75. The van der Waals surface area contributed by atoms with Crippen LogP contribution < -0.4 is 5.32 Å². The minimum absolute atomic E-state index is 0.0653. The normalized spacial score (nSPS) is 11.2. The number of para-hydroxylation sites is 1. The van der Waals surface area contributed by atoms with Crippen molar-refractivity contribution in [1.82, 2.24) is 4.31 Å². The molecule has 1 amide bonds. The lowest BCUT2D eigenvalue weighted by Gasteiger charge is -2.16. The van der Waals surface area contributed by atoms with Gasteiger partial charge in [0.15, 0.2) is 0 Å². The number of hydrogen-bond acceptors (Lipinski definition) is 5. The third-order valence-corrected chi connectivity index (χ3v) is 5.90. The molecule has 0 aliphatic rings. The van der Waals surface area contributed by atoms with E-state index in [9.17, 15) is 13.2 Å². The maximum absolute atomic E-state index is 12.7. The van der Waals surface area contributed by atoms with E-state index in [1.165, 1.54) is 41.9 Å². The Hall–Kier alpha value is -3.41. The van der Waals surface area contributed by atoms with Crippen molar-refractivity contribution < 1.29 is 17.6 Å². The van der Waals surface area contributed by atoms with Crippen molar-refractivity contribution in [1.29, 1.82) is 5.26 Å². The van der Waals surface area contributed by atoms with Crippen LogP contribution >= 0.6 is 0 Å². The molecule has 8 heteroatoms. The largest absolute Gasteiger partial charge is 0.468 e. The standard InChI is InChI=1S/C20H17N3O4S/c1-23(14-17-6-4-12-27-17)28(25,26)18-10-8-15(9-11-18)20(24)22-19-7-3-2-5-16(19)13-21/h2-12H,14H2,1H3,(H,22,24). The van der Waals surface area contributed by atoms with Crippen LogP contribution in [0.2, 0.25) is 0 Å². The number of amides is 1. The third-order valence-electron chi connectivity index (χ3n) is 4.08. The molecule has 7 nitrogen and oxygen atoms in total. The summed E-state index contributed by atoms with van der Waals surface area (Å²) in [5, 5.41) is 11.7. The van der Waals surface area contributed by atoms with E-state index in [1.54, 1.807) is 36.4 Å². The quantitative estimate of drug-likeness (QED) is 0.690. The van der Waals surface area contributed by atoms with Crippen molar-refractivity contribution in [3.8, 4) is 6.07 Å². The van der Waals surface area contributed by atoms with Gasteiger partial charge in [0.25, 0.3) is 5.91 Å². The molecule has 1 N–H and O–H groups in total. The number of carbonyl (C=O) groups excluding carboxylic acids is 1. The van der Waals surface area contributed by atoms with E-state index >= 15 is 0 Å². The molecular formula is C20H17N3O4S. The van der Waals surface area contributed by atoms with Crippen molar-refractivity contribution in [2.45, 2.75) is 11.4 Å². The highest BCUT2D eigenvalue weighted by Crippen LogP contribution is 2.19. The van der Waals surface area contributed by atoms with Crippen LogP contribution in [0.1, 0.15) is 21.7 Å². The minimum Gasteiger partial charge on any atom is -0.468 e. The van der Waals surface area contributed by atoms with Crippen molar-refractivity contribution in [2.75, 3.05) is 12.4 Å². The Morgan fingerprint density at radius 1 is 1.11 bits per heavy atom. The number of hydrogen-bond donors (Lipinski definition) is 1. The fraction of sp³-hybridized carbons (Fsp3) is 0.100. The van der Waals surface area contributed by atoms with E-state index in [2.05, 4.69) is 5.32 Å². The van der Waals surface area contributed by atoms with Crippen LogP contribution in [0, 0.1) is 11.3 Å². The van der Waals surface area contributed by atoms with Crippen molar-refractivity contribution >= 4 is 21.6 Å². The second kappa shape index (κ2) is 8.08. The first-order chi connectivity index (χ1) is 13.4. The highest BCUT2D eigenvalue weighted by atomic mass is 32.2. The molecule has 0 atom stereocenters. The molecule has 0 bridgehead atoms. The number of nitrogens with one attached hydrogen (secondary N) is 1. The number of nitrogens with zero attached hydrogens (tertiary/aromatic N) is 2. The molecule has 28 heavy (non-hydrogen) atoms. The van der Waals surface area contributed by atoms with Crippen LogP contribution in [0.3, 0.4) is 0 Å². The third kappa shape index (κ3) is 4.11. The Morgan fingerprint density at radius 2 is 1.82 bits per heavy atom. The van der Waals surface area contributed by atoms with E-state index in [4.69, 9.17) is 9.68 Å². The summed E-state index contributed by atoms with van der Waals surface area (Å²) in [7, 11) is -2.27. The van der Waals surface area contributed by atoms with Gasteiger partial charge in [-0.1, -0.05) is 12.1 Å². The summed E-state index contributed by atoms with van der Waals surface area (Å²) in [4.78, 5) is 12.5. The second-order valence-corrected chi connectivity index (χ2v) is 8.02. The van der Waals surface area contributed by atoms with E-state index in [0.717, 1.165) is 0 Å². The molecule has 0 spiro atoms. The van der Waals surface area contributed by atoms with E-state index < -0.39 is 15.9 Å². The van der Waals surface area contributed by atoms with Gasteiger partial charge >= 0.3 is 0 Å². The van der Waals surface area contributed by atoms with Gasteiger partial charge in [-0.15, -0.1) is 0 Å². The van der Waals surface area contributed by atoms with Gasteiger partial charge in [0, 0.05) is 12.6 Å². The second-order valence-electron chi connectivity index (χ2n) is 5.98. The highest BCUT2D eigenvalue weighted by molar-refractivity contribution is 7.89. The number of furan rings is 1. The van der Waals surface area contributed by atoms with Crippen molar-refractivity contribution in [3.05, 3.63) is 83.8 Å². The SMILES string of the molecule is CN(Cc1ccco1)S(=O)(=O)c1ccc(C(=O)Nc2ccccc2C#N)cc1. The zero-order chi connectivity index (χ0) is 20.1. The Bertz CT molecular complexity index is 1120. The van der Waals surface area contributed by atoms with E-state index in [0.29, 0.717) is 17.0 Å². The van der Waals surface area contributed by atoms with Crippen molar-refractivity contribution in [3.63, 3.8) is 0 Å². The Morgan fingerprint density at radius 3 is 2.46 bits per heavy atom. The summed E-state index contributed by atoms with van der Waals surface area (Å²) < 4.78 is 31.7. The maximum Gasteiger partial charge on any atom is 0.255 e. The molecular weight excluding hydrogens is 378 g/mol. The molecule has 3 aromatic rings. The van der Waals surface area contributed by atoms with E-state index in [-0.39, 0.29) is 17.0 Å². The fourth-order valence-corrected chi connectivity index (χ4v) is 3.69. The number of carbonyl (C=O) groups is 1.